The van der Waals surface area contributed by atoms with Gasteiger partial charge in [-0.1, -0.05) is 6.07 Å². The number of aliphatic carboxylic acids is 1. The van der Waals surface area contributed by atoms with Gasteiger partial charge in [0.1, 0.15) is 0 Å². The third-order valence-corrected chi connectivity index (χ3v) is 4.10. The molecule has 3 aromatic heterocycles. The number of carboxylic acids is 1. The first kappa shape index (κ1) is 10.5. The molecule has 0 radical (unpaired) electrons. The Bertz CT molecular complexity index is 667. The Morgan fingerprint density at radius 3 is 3.06 bits per heavy atom. The minimum atomic E-state index is -0.853. The van der Waals surface area contributed by atoms with Crippen LogP contribution in [0.1, 0.15) is 5.69 Å². The Labute approximate surface area is 105 Å². The van der Waals surface area contributed by atoms with Gasteiger partial charge in [0.05, 0.1) is 22.7 Å². The Balaban J connectivity index is 2.09. The van der Waals surface area contributed by atoms with Crippen molar-refractivity contribution in [2.75, 3.05) is 0 Å². The van der Waals surface area contributed by atoms with Crippen LogP contribution in [-0.2, 0) is 11.2 Å². The highest BCUT2D eigenvalue weighted by atomic mass is 32.1. The molecule has 3 aromatic rings. The average Bonchev–Trinajstić information content (AvgIpc) is 2.89. The molecule has 0 saturated heterocycles. The lowest BCUT2D eigenvalue weighted by Gasteiger charge is -1.93. The van der Waals surface area contributed by atoms with E-state index in [0.717, 1.165) is 15.5 Å². The van der Waals surface area contributed by atoms with Crippen LogP contribution < -0.4 is 0 Å². The highest BCUT2D eigenvalue weighted by Gasteiger charge is 2.11. The first-order valence-corrected chi connectivity index (χ1v) is 6.71. The number of thiophene rings is 1. The van der Waals surface area contributed by atoms with Gasteiger partial charge in [-0.15, -0.1) is 22.7 Å². The van der Waals surface area contributed by atoms with Gasteiger partial charge in [0.15, 0.2) is 4.96 Å². The molecule has 0 bridgehead atoms. The Morgan fingerprint density at radius 1 is 1.47 bits per heavy atom. The minimum Gasteiger partial charge on any atom is -0.481 e. The van der Waals surface area contributed by atoms with E-state index in [1.165, 1.54) is 11.3 Å². The van der Waals surface area contributed by atoms with Gasteiger partial charge in [-0.3, -0.25) is 9.20 Å². The van der Waals surface area contributed by atoms with E-state index in [0.29, 0.717) is 5.69 Å². The molecule has 0 spiro atoms. The van der Waals surface area contributed by atoms with Gasteiger partial charge >= 0.3 is 5.97 Å². The summed E-state index contributed by atoms with van der Waals surface area (Å²) in [6.45, 7) is 0. The second-order valence-corrected chi connectivity index (χ2v) is 5.34. The number of imidazole rings is 1. The maximum Gasteiger partial charge on any atom is 0.309 e. The highest BCUT2D eigenvalue weighted by molar-refractivity contribution is 7.16. The van der Waals surface area contributed by atoms with E-state index in [4.69, 9.17) is 5.11 Å². The topological polar surface area (TPSA) is 54.6 Å². The van der Waals surface area contributed by atoms with E-state index in [1.807, 2.05) is 27.3 Å². The van der Waals surface area contributed by atoms with Crippen molar-refractivity contribution >= 4 is 33.6 Å². The zero-order valence-electron chi connectivity index (χ0n) is 8.66. The lowest BCUT2D eigenvalue weighted by atomic mass is 10.3. The minimum absolute atomic E-state index is 0.0295. The van der Waals surface area contributed by atoms with Gasteiger partial charge in [0.25, 0.3) is 0 Å². The SMILES string of the molecule is O=C(O)Cc1cn2c(-c3cccs3)csc2n1. The predicted octanol–water partition coefficient (Wildman–Crippen LogP) is 2.75. The van der Waals surface area contributed by atoms with E-state index in [-0.39, 0.29) is 6.42 Å². The molecular weight excluding hydrogens is 256 g/mol. The van der Waals surface area contributed by atoms with Crippen molar-refractivity contribution in [3.63, 3.8) is 0 Å². The van der Waals surface area contributed by atoms with Gasteiger partial charge in [0.2, 0.25) is 0 Å². The summed E-state index contributed by atoms with van der Waals surface area (Å²) in [5.74, 6) is -0.853. The molecule has 0 aliphatic rings. The van der Waals surface area contributed by atoms with Crippen LogP contribution in [0.2, 0.25) is 0 Å². The van der Waals surface area contributed by atoms with Crippen molar-refractivity contribution in [1.29, 1.82) is 0 Å². The van der Waals surface area contributed by atoms with Crippen molar-refractivity contribution in [1.82, 2.24) is 9.38 Å². The molecule has 0 fully saturated rings. The fourth-order valence-electron chi connectivity index (χ4n) is 1.67. The van der Waals surface area contributed by atoms with Crippen LogP contribution >= 0.6 is 22.7 Å². The molecule has 0 aromatic carbocycles. The van der Waals surface area contributed by atoms with Crippen molar-refractivity contribution in [2.45, 2.75) is 6.42 Å². The quantitative estimate of drug-likeness (QED) is 0.791. The van der Waals surface area contributed by atoms with Crippen LogP contribution in [0, 0.1) is 0 Å². The van der Waals surface area contributed by atoms with Gasteiger partial charge in [-0.05, 0) is 11.4 Å². The number of carboxylic acid groups (broad SMARTS) is 1. The maximum atomic E-state index is 10.6. The summed E-state index contributed by atoms with van der Waals surface area (Å²) >= 11 is 3.19. The average molecular weight is 264 g/mol. The normalized spacial score (nSPS) is 11.1. The van der Waals surface area contributed by atoms with Gasteiger partial charge in [0, 0.05) is 11.6 Å². The summed E-state index contributed by atoms with van der Waals surface area (Å²) in [7, 11) is 0. The molecule has 86 valence electrons. The molecule has 3 heterocycles. The van der Waals surface area contributed by atoms with Gasteiger partial charge < -0.3 is 5.11 Å². The summed E-state index contributed by atoms with van der Waals surface area (Å²) in [5, 5.41) is 12.8. The van der Waals surface area contributed by atoms with E-state index in [1.54, 1.807) is 17.5 Å². The molecule has 0 amide bonds. The highest BCUT2D eigenvalue weighted by Crippen LogP contribution is 2.29. The maximum absolute atomic E-state index is 10.6. The molecule has 4 nitrogen and oxygen atoms in total. The van der Waals surface area contributed by atoms with E-state index >= 15 is 0 Å². The summed E-state index contributed by atoms with van der Waals surface area (Å²) in [5.41, 5.74) is 1.67. The smallest absolute Gasteiger partial charge is 0.309 e. The number of rotatable bonds is 3. The lowest BCUT2D eigenvalue weighted by molar-refractivity contribution is -0.136. The van der Waals surface area contributed by atoms with E-state index < -0.39 is 5.97 Å². The second kappa shape index (κ2) is 3.97. The molecule has 0 aliphatic heterocycles. The Hall–Kier alpha value is -1.66. The number of hydrogen-bond donors (Lipinski definition) is 1. The van der Waals surface area contributed by atoms with Crippen LogP contribution in [0.4, 0.5) is 0 Å². The zero-order valence-corrected chi connectivity index (χ0v) is 10.3. The van der Waals surface area contributed by atoms with Crippen molar-refractivity contribution < 1.29 is 9.90 Å². The standard InChI is InChI=1S/C11H8N2O2S2/c14-10(15)4-7-5-13-8(6-17-11(13)12-7)9-2-1-3-16-9/h1-3,5-6H,4H2,(H,14,15). The Kier molecular flexibility index (Phi) is 2.45. The first-order chi connectivity index (χ1) is 8.24. The molecule has 17 heavy (non-hydrogen) atoms. The largest absolute Gasteiger partial charge is 0.481 e. The molecule has 0 saturated carbocycles. The number of hydrogen-bond acceptors (Lipinski definition) is 4. The number of thiazole rings is 1. The van der Waals surface area contributed by atoms with E-state index in [2.05, 4.69) is 4.98 Å². The second-order valence-electron chi connectivity index (χ2n) is 3.55. The third-order valence-electron chi connectivity index (χ3n) is 2.36. The van der Waals surface area contributed by atoms with Crippen LogP contribution in [-0.4, -0.2) is 20.5 Å². The van der Waals surface area contributed by atoms with E-state index in [9.17, 15) is 4.79 Å². The third kappa shape index (κ3) is 1.85. The summed E-state index contributed by atoms with van der Waals surface area (Å²) < 4.78 is 1.95. The van der Waals surface area contributed by atoms with Crippen molar-refractivity contribution in [2.24, 2.45) is 0 Å². The van der Waals surface area contributed by atoms with Gasteiger partial charge in [-0.25, -0.2) is 4.98 Å². The van der Waals surface area contributed by atoms with Crippen molar-refractivity contribution in [3.8, 4) is 10.6 Å². The monoisotopic (exact) mass is 264 g/mol. The van der Waals surface area contributed by atoms with Crippen LogP contribution in [0.5, 0.6) is 0 Å². The molecule has 6 heteroatoms. The molecule has 0 unspecified atom stereocenters. The van der Waals surface area contributed by atoms with Crippen molar-refractivity contribution in [3.05, 3.63) is 34.8 Å². The summed E-state index contributed by atoms with van der Waals surface area (Å²) in [6, 6.07) is 4.04. The molecular formula is C11H8N2O2S2. The fourth-order valence-corrected chi connectivity index (χ4v) is 3.38. The first-order valence-electron chi connectivity index (χ1n) is 4.95. The van der Waals surface area contributed by atoms with Crippen LogP contribution in [0.25, 0.3) is 15.5 Å². The fraction of sp³-hybridized carbons (Fsp3) is 0.0909. The van der Waals surface area contributed by atoms with Crippen LogP contribution in [0.15, 0.2) is 29.1 Å². The zero-order chi connectivity index (χ0) is 11.8. The lowest BCUT2D eigenvalue weighted by Crippen LogP contribution is -1.99. The summed E-state index contributed by atoms with van der Waals surface area (Å²) in [6.07, 6.45) is 1.77. The molecule has 0 aliphatic carbocycles. The van der Waals surface area contributed by atoms with Crippen LogP contribution in [0.3, 0.4) is 0 Å². The number of aromatic nitrogens is 2. The number of fused-ring (bicyclic) bond motifs is 1. The number of nitrogens with zero attached hydrogens (tertiary/aromatic N) is 2. The molecule has 0 atom stereocenters. The number of carbonyl (C=O) groups is 1. The molecule has 3 rings (SSSR count). The summed E-state index contributed by atoms with van der Waals surface area (Å²) in [4.78, 5) is 16.9. The van der Waals surface area contributed by atoms with Gasteiger partial charge in [-0.2, -0.15) is 0 Å². The Morgan fingerprint density at radius 2 is 2.35 bits per heavy atom. The predicted molar refractivity (Wildman–Crippen MR) is 67.7 cm³/mol. The molecule has 1 N–H and O–H groups in total.